The fourth-order valence-electron chi connectivity index (χ4n) is 2.02. The van der Waals surface area contributed by atoms with E-state index in [2.05, 4.69) is 10.3 Å². The molecule has 1 amide bonds. The number of benzene rings is 2. The molecule has 1 heterocycles. The molecule has 3 rings (SSSR count). The van der Waals surface area contributed by atoms with Gasteiger partial charge in [0.25, 0.3) is 5.69 Å². The number of nitrogens with zero attached hydrogens (tertiary/aromatic N) is 2. The molecular formula is C16H13N3O3S2. The molecule has 1 aromatic heterocycles. The summed E-state index contributed by atoms with van der Waals surface area (Å²) >= 11 is 2.74. The van der Waals surface area contributed by atoms with Crippen LogP contribution in [0, 0.1) is 17.0 Å². The molecule has 1 N–H and O–H groups in total. The molecule has 8 heteroatoms. The number of amides is 1. The Bertz CT molecular complexity index is 907. The minimum atomic E-state index is -0.463. The Hall–Kier alpha value is -2.45. The van der Waals surface area contributed by atoms with Crippen LogP contribution in [0.15, 0.2) is 47.4 Å². The Morgan fingerprint density at radius 1 is 1.29 bits per heavy atom. The number of thioether (sulfide) groups is 1. The molecule has 2 aromatic carbocycles. The molecule has 0 saturated heterocycles. The minimum absolute atomic E-state index is 0.0133. The number of aryl methyl sites for hydroxylation is 1. The van der Waals surface area contributed by atoms with Crippen molar-refractivity contribution in [3.05, 3.63) is 58.1 Å². The Balaban J connectivity index is 1.64. The molecule has 0 radical (unpaired) electrons. The summed E-state index contributed by atoms with van der Waals surface area (Å²) in [4.78, 5) is 27.6. The van der Waals surface area contributed by atoms with Gasteiger partial charge in [0.2, 0.25) is 5.91 Å². The first-order valence-electron chi connectivity index (χ1n) is 7.05. The van der Waals surface area contributed by atoms with Gasteiger partial charge in [0.05, 0.1) is 20.9 Å². The van der Waals surface area contributed by atoms with Gasteiger partial charge in [-0.15, -0.1) is 11.8 Å². The zero-order valence-corrected chi connectivity index (χ0v) is 14.3. The number of hydrogen-bond donors (Lipinski definition) is 1. The summed E-state index contributed by atoms with van der Waals surface area (Å²) in [5, 5.41) is 14.0. The monoisotopic (exact) mass is 359 g/mol. The fourth-order valence-corrected chi connectivity index (χ4v) is 3.58. The van der Waals surface area contributed by atoms with Crippen LogP contribution < -0.4 is 5.32 Å². The van der Waals surface area contributed by atoms with Crippen LogP contribution in [-0.4, -0.2) is 21.6 Å². The maximum absolute atomic E-state index is 12.0. The SMILES string of the molecule is Cc1ccc(SCC(=O)Nc2nc3cc([N+](=O)[O-])ccc3s2)cc1. The molecule has 0 unspecified atom stereocenters. The van der Waals surface area contributed by atoms with Crippen molar-refractivity contribution in [2.24, 2.45) is 0 Å². The molecule has 122 valence electrons. The van der Waals surface area contributed by atoms with Crippen molar-refractivity contribution in [2.75, 3.05) is 11.1 Å². The van der Waals surface area contributed by atoms with Crippen molar-refractivity contribution in [1.82, 2.24) is 4.98 Å². The first-order chi connectivity index (χ1) is 11.5. The lowest BCUT2D eigenvalue weighted by atomic mass is 10.2. The normalized spacial score (nSPS) is 10.7. The number of nitrogens with one attached hydrogen (secondary N) is 1. The van der Waals surface area contributed by atoms with Crippen LogP contribution >= 0.6 is 23.1 Å². The molecule has 24 heavy (non-hydrogen) atoms. The predicted octanol–water partition coefficient (Wildman–Crippen LogP) is 4.24. The van der Waals surface area contributed by atoms with Gasteiger partial charge in [-0.05, 0) is 25.1 Å². The number of carbonyl (C=O) groups excluding carboxylic acids is 1. The number of rotatable bonds is 5. The predicted molar refractivity (Wildman–Crippen MR) is 96.8 cm³/mol. The van der Waals surface area contributed by atoms with E-state index < -0.39 is 4.92 Å². The van der Waals surface area contributed by atoms with Crippen LogP contribution in [0.25, 0.3) is 10.2 Å². The fraction of sp³-hybridized carbons (Fsp3) is 0.125. The van der Waals surface area contributed by atoms with Gasteiger partial charge < -0.3 is 5.32 Å². The van der Waals surface area contributed by atoms with E-state index in [1.165, 1.54) is 40.8 Å². The highest BCUT2D eigenvalue weighted by Crippen LogP contribution is 2.29. The molecule has 6 nitrogen and oxygen atoms in total. The van der Waals surface area contributed by atoms with E-state index in [9.17, 15) is 14.9 Å². The van der Waals surface area contributed by atoms with E-state index >= 15 is 0 Å². The lowest BCUT2D eigenvalue weighted by Crippen LogP contribution is -2.13. The van der Waals surface area contributed by atoms with Crippen molar-refractivity contribution in [1.29, 1.82) is 0 Å². The van der Waals surface area contributed by atoms with Gasteiger partial charge in [0.1, 0.15) is 0 Å². The van der Waals surface area contributed by atoms with E-state index in [4.69, 9.17) is 0 Å². The van der Waals surface area contributed by atoms with Crippen LogP contribution in [0.3, 0.4) is 0 Å². The Morgan fingerprint density at radius 3 is 2.75 bits per heavy atom. The maximum Gasteiger partial charge on any atom is 0.271 e. The second-order valence-corrected chi connectivity index (χ2v) is 7.16. The van der Waals surface area contributed by atoms with Gasteiger partial charge in [0, 0.05) is 17.0 Å². The first kappa shape index (κ1) is 16.4. The number of thiazole rings is 1. The minimum Gasteiger partial charge on any atom is -0.301 e. The molecule has 0 aliphatic rings. The molecule has 0 spiro atoms. The highest BCUT2D eigenvalue weighted by Gasteiger charge is 2.12. The lowest BCUT2D eigenvalue weighted by Gasteiger charge is -2.02. The number of nitro benzene ring substituents is 1. The highest BCUT2D eigenvalue weighted by molar-refractivity contribution is 8.00. The molecule has 0 fully saturated rings. The standard InChI is InChI=1S/C16H13N3O3S2/c1-10-2-5-12(6-3-10)23-9-15(20)18-16-17-13-8-11(19(21)22)4-7-14(13)24-16/h2-8H,9H2,1H3,(H,17,18,20). The van der Waals surface area contributed by atoms with Gasteiger partial charge in [-0.2, -0.15) is 0 Å². The van der Waals surface area contributed by atoms with Crippen LogP contribution in [0.1, 0.15) is 5.56 Å². The van der Waals surface area contributed by atoms with E-state index in [0.29, 0.717) is 10.6 Å². The number of hydrogen-bond acceptors (Lipinski definition) is 6. The average molecular weight is 359 g/mol. The molecule has 0 atom stereocenters. The molecule has 0 bridgehead atoms. The molecular weight excluding hydrogens is 346 g/mol. The lowest BCUT2D eigenvalue weighted by molar-refractivity contribution is -0.384. The second kappa shape index (κ2) is 6.98. The van der Waals surface area contributed by atoms with E-state index in [1.807, 2.05) is 31.2 Å². The third-order valence-corrected chi connectivity index (χ3v) is 5.18. The summed E-state index contributed by atoms with van der Waals surface area (Å²) in [5.74, 6) is 0.119. The summed E-state index contributed by atoms with van der Waals surface area (Å²) in [7, 11) is 0. The zero-order valence-electron chi connectivity index (χ0n) is 12.7. The zero-order chi connectivity index (χ0) is 17.1. The molecule has 0 aliphatic heterocycles. The number of nitro groups is 1. The third kappa shape index (κ3) is 3.90. The summed E-state index contributed by atoms with van der Waals surface area (Å²) in [5.41, 5.74) is 1.67. The van der Waals surface area contributed by atoms with Crippen molar-refractivity contribution in [2.45, 2.75) is 11.8 Å². The molecule has 0 aliphatic carbocycles. The Labute approximate surface area is 146 Å². The topological polar surface area (TPSA) is 85.1 Å². The first-order valence-corrected chi connectivity index (χ1v) is 8.86. The maximum atomic E-state index is 12.0. The van der Waals surface area contributed by atoms with Gasteiger partial charge in [-0.3, -0.25) is 14.9 Å². The smallest absolute Gasteiger partial charge is 0.271 e. The van der Waals surface area contributed by atoms with Crippen LogP contribution in [-0.2, 0) is 4.79 Å². The van der Waals surface area contributed by atoms with Gasteiger partial charge in [-0.25, -0.2) is 4.98 Å². The van der Waals surface area contributed by atoms with Crippen LogP contribution in [0.4, 0.5) is 10.8 Å². The van der Waals surface area contributed by atoms with E-state index in [1.54, 1.807) is 6.07 Å². The summed E-state index contributed by atoms with van der Waals surface area (Å²) < 4.78 is 0.794. The summed E-state index contributed by atoms with van der Waals surface area (Å²) in [6.07, 6.45) is 0. The second-order valence-electron chi connectivity index (χ2n) is 5.08. The number of non-ortho nitro benzene ring substituents is 1. The Morgan fingerprint density at radius 2 is 2.04 bits per heavy atom. The summed E-state index contributed by atoms with van der Waals surface area (Å²) in [6, 6.07) is 12.4. The van der Waals surface area contributed by atoms with Crippen LogP contribution in [0.5, 0.6) is 0 Å². The van der Waals surface area contributed by atoms with Crippen molar-refractivity contribution < 1.29 is 9.72 Å². The largest absolute Gasteiger partial charge is 0.301 e. The highest BCUT2D eigenvalue weighted by atomic mass is 32.2. The van der Waals surface area contributed by atoms with Crippen molar-refractivity contribution >= 4 is 50.0 Å². The average Bonchev–Trinajstić information content (AvgIpc) is 2.95. The number of fused-ring (bicyclic) bond motifs is 1. The Kier molecular flexibility index (Phi) is 4.77. The number of anilines is 1. The summed E-state index contributed by atoms with van der Waals surface area (Å²) in [6.45, 7) is 2.01. The molecule has 0 saturated carbocycles. The van der Waals surface area contributed by atoms with Crippen LogP contribution in [0.2, 0.25) is 0 Å². The third-order valence-electron chi connectivity index (χ3n) is 3.22. The number of carbonyl (C=O) groups is 1. The van der Waals surface area contributed by atoms with Gasteiger partial charge in [0.15, 0.2) is 5.13 Å². The van der Waals surface area contributed by atoms with Crippen molar-refractivity contribution in [3.8, 4) is 0 Å². The van der Waals surface area contributed by atoms with E-state index in [0.717, 1.165) is 9.60 Å². The van der Waals surface area contributed by atoms with E-state index in [-0.39, 0.29) is 17.3 Å². The molecule has 3 aromatic rings. The quantitative estimate of drug-likeness (QED) is 0.418. The van der Waals surface area contributed by atoms with Gasteiger partial charge in [-0.1, -0.05) is 29.0 Å². The van der Waals surface area contributed by atoms with Gasteiger partial charge >= 0.3 is 0 Å². The number of aromatic nitrogens is 1. The van der Waals surface area contributed by atoms with Crippen molar-refractivity contribution in [3.63, 3.8) is 0 Å².